The van der Waals surface area contributed by atoms with Crippen molar-refractivity contribution in [1.82, 2.24) is 0 Å². The van der Waals surface area contributed by atoms with Crippen LogP contribution in [0, 0.1) is 6.92 Å². The van der Waals surface area contributed by atoms with Crippen molar-refractivity contribution < 1.29 is 19.4 Å². The molecule has 0 radical (unpaired) electrons. The second-order valence-electron chi connectivity index (χ2n) is 5.09. The molecule has 0 spiro atoms. The first kappa shape index (κ1) is 18.9. The number of hydrogen-bond acceptors (Lipinski definition) is 4. The van der Waals surface area contributed by atoms with E-state index in [2.05, 4.69) is 20.7 Å². The number of methoxy groups -OCH3 is 1. The summed E-state index contributed by atoms with van der Waals surface area (Å²) in [5, 5.41) is 10.6. The number of carbonyl (C=O) groups excluding carboxylic acids is 1. The molecule has 0 fully saturated rings. The Kier molecular flexibility index (Phi) is 6.38. The first-order valence-corrected chi connectivity index (χ1v) is 8.52. The quantitative estimate of drug-likeness (QED) is 0.680. The third-order valence-electron chi connectivity index (χ3n) is 3.54. The molecule has 2 rings (SSSR count). The minimum atomic E-state index is -0.490. The zero-order valence-corrected chi connectivity index (χ0v) is 16.1. The van der Waals surface area contributed by atoms with Crippen LogP contribution in [-0.4, -0.2) is 24.8 Å². The molecule has 128 valence electrons. The van der Waals surface area contributed by atoms with E-state index < -0.39 is 5.97 Å². The molecule has 0 atom stereocenters. The number of phenolic OH excluding ortho intramolecular Hbond substituents is 1. The first-order chi connectivity index (χ1) is 11.3. The fraction of sp³-hybridized carbons (Fsp3) is 0.235. The Morgan fingerprint density at radius 1 is 1.25 bits per heavy atom. The zero-order valence-electron chi connectivity index (χ0n) is 13.0. The Morgan fingerprint density at radius 2 is 1.88 bits per heavy atom. The van der Waals surface area contributed by atoms with Gasteiger partial charge in [-0.2, -0.15) is 0 Å². The van der Waals surface area contributed by atoms with Gasteiger partial charge >= 0.3 is 5.97 Å². The number of ether oxygens (including phenoxy) is 2. The van der Waals surface area contributed by atoms with Gasteiger partial charge in [-0.1, -0.05) is 29.3 Å². The van der Waals surface area contributed by atoms with Crippen molar-refractivity contribution in [2.75, 3.05) is 13.7 Å². The molecule has 2 aromatic rings. The van der Waals surface area contributed by atoms with Gasteiger partial charge in [0.1, 0.15) is 11.5 Å². The second-order valence-corrected chi connectivity index (χ2v) is 6.70. The Morgan fingerprint density at radius 3 is 2.46 bits per heavy atom. The molecule has 0 aliphatic rings. The summed E-state index contributed by atoms with van der Waals surface area (Å²) >= 11 is 16.0. The number of benzene rings is 2. The highest BCUT2D eigenvalue weighted by atomic mass is 79.9. The zero-order chi connectivity index (χ0) is 17.9. The summed E-state index contributed by atoms with van der Waals surface area (Å²) < 4.78 is 10.5. The molecule has 0 aliphatic carbocycles. The second kappa shape index (κ2) is 8.10. The third kappa shape index (κ3) is 4.35. The lowest BCUT2D eigenvalue weighted by Gasteiger charge is -2.13. The maximum atomic E-state index is 11.1. The highest BCUT2D eigenvalue weighted by molar-refractivity contribution is 9.10. The van der Waals surface area contributed by atoms with Crippen LogP contribution < -0.4 is 4.74 Å². The van der Waals surface area contributed by atoms with Gasteiger partial charge in [-0.05, 0) is 57.7 Å². The lowest BCUT2D eigenvalue weighted by atomic mass is 10.00. The van der Waals surface area contributed by atoms with Crippen molar-refractivity contribution in [2.24, 2.45) is 0 Å². The van der Waals surface area contributed by atoms with Crippen molar-refractivity contribution in [3.05, 3.63) is 55.5 Å². The molecule has 2 aromatic carbocycles. The van der Waals surface area contributed by atoms with E-state index >= 15 is 0 Å². The Bertz CT molecular complexity index is 754. The van der Waals surface area contributed by atoms with E-state index in [1.807, 2.05) is 13.0 Å². The largest absolute Gasteiger partial charge is 0.507 e. The van der Waals surface area contributed by atoms with Gasteiger partial charge in [-0.15, -0.1) is 0 Å². The molecule has 0 aromatic heterocycles. The molecule has 0 saturated heterocycles. The fourth-order valence-electron chi connectivity index (χ4n) is 2.13. The summed E-state index contributed by atoms with van der Waals surface area (Å²) in [5.41, 5.74) is 2.63. The van der Waals surface area contributed by atoms with Gasteiger partial charge in [0.2, 0.25) is 0 Å². The van der Waals surface area contributed by atoms with Gasteiger partial charge < -0.3 is 14.6 Å². The normalized spacial score (nSPS) is 10.5. The molecule has 0 unspecified atom stereocenters. The number of carbonyl (C=O) groups is 1. The standard InChI is InChI=1S/C17H15BrCl2O4/c1-9-10(3-4-15(21)17(9)18)5-12-13(19)6-11(7-14(12)20)24-8-16(22)23-2/h3-4,6-7,21H,5,8H2,1-2H3. The van der Waals surface area contributed by atoms with E-state index in [0.29, 0.717) is 26.7 Å². The number of aromatic hydroxyl groups is 1. The van der Waals surface area contributed by atoms with E-state index in [1.165, 1.54) is 7.11 Å². The van der Waals surface area contributed by atoms with Gasteiger partial charge in [0.15, 0.2) is 6.61 Å². The smallest absolute Gasteiger partial charge is 0.343 e. The molecule has 7 heteroatoms. The lowest BCUT2D eigenvalue weighted by molar-refractivity contribution is -0.142. The topological polar surface area (TPSA) is 55.8 Å². The maximum absolute atomic E-state index is 11.1. The number of rotatable bonds is 5. The van der Waals surface area contributed by atoms with Crippen molar-refractivity contribution in [3.63, 3.8) is 0 Å². The summed E-state index contributed by atoms with van der Waals surface area (Å²) in [6.45, 7) is 1.68. The summed E-state index contributed by atoms with van der Waals surface area (Å²) in [6.07, 6.45) is 0.500. The van der Waals surface area contributed by atoms with Gasteiger partial charge in [-0.3, -0.25) is 0 Å². The fourth-order valence-corrected chi connectivity index (χ4v) is 3.11. The van der Waals surface area contributed by atoms with E-state index in [-0.39, 0.29) is 12.4 Å². The predicted molar refractivity (Wildman–Crippen MR) is 97.3 cm³/mol. The van der Waals surface area contributed by atoms with Gasteiger partial charge in [0, 0.05) is 16.5 Å². The Labute approximate surface area is 158 Å². The molecular weight excluding hydrogens is 419 g/mol. The molecule has 24 heavy (non-hydrogen) atoms. The SMILES string of the molecule is COC(=O)COc1cc(Cl)c(Cc2ccc(O)c(Br)c2C)c(Cl)c1. The molecule has 0 aliphatic heterocycles. The minimum absolute atomic E-state index is 0.181. The van der Waals surface area contributed by atoms with Crippen LogP contribution >= 0.6 is 39.1 Å². The molecule has 0 saturated carbocycles. The van der Waals surface area contributed by atoms with E-state index in [4.69, 9.17) is 27.9 Å². The number of phenols is 1. The van der Waals surface area contributed by atoms with Crippen LogP contribution in [0.25, 0.3) is 0 Å². The highest BCUT2D eigenvalue weighted by Crippen LogP contribution is 2.35. The van der Waals surface area contributed by atoms with Crippen molar-refractivity contribution in [1.29, 1.82) is 0 Å². The van der Waals surface area contributed by atoms with Crippen molar-refractivity contribution >= 4 is 45.1 Å². The highest BCUT2D eigenvalue weighted by Gasteiger charge is 2.14. The van der Waals surface area contributed by atoms with Crippen LogP contribution in [-0.2, 0) is 16.0 Å². The predicted octanol–water partition coefficient (Wildman–Crippen LogP) is 4.91. The minimum Gasteiger partial charge on any atom is -0.507 e. The van der Waals surface area contributed by atoms with Crippen LogP contribution in [0.5, 0.6) is 11.5 Å². The van der Waals surface area contributed by atoms with Crippen LogP contribution in [0.3, 0.4) is 0 Å². The summed E-state index contributed by atoms with van der Waals surface area (Å²) in [5.74, 6) is 0.0821. The number of esters is 1. The molecule has 1 N–H and O–H groups in total. The van der Waals surface area contributed by atoms with E-state index in [9.17, 15) is 9.90 Å². The molecule has 0 bridgehead atoms. The van der Waals surface area contributed by atoms with Crippen molar-refractivity contribution in [2.45, 2.75) is 13.3 Å². The van der Waals surface area contributed by atoms with E-state index in [1.54, 1.807) is 18.2 Å². The summed E-state index contributed by atoms with van der Waals surface area (Å²) in [6, 6.07) is 6.65. The van der Waals surface area contributed by atoms with E-state index in [0.717, 1.165) is 16.7 Å². The summed E-state index contributed by atoms with van der Waals surface area (Å²) in [4.78, 5) is 11.1. The van der Waals surface area contributed by atoms with Crippen molar-refractivity contribution in [3.8, 4) is 11.5 Å². The van der Waals surface area contributed by atoms with Gasteiger partial charge in [-0.25, -0.2) is 4.79 Å². The summed E-state index contributed by atoms with van der Waals surface area (Å²) in [7, 11) is 1.28. The lowest BCUT2D eigenvalue weighted by Crippen LogP contribution is -2.12. The Balaban J connectivity index is 2.26. The van der Waals surface area contributed by atoms with Gasteiger partial charge in [0.05, 0.1) is 11.6 Å². The molecular formula is C17H15BrCl2O4. The van der Waals surface area contributed by atoms with Gasteiger partial charge in [0.25, 0.3) is 0 Å². The molecule has 4 nitrogen and oxygen atoms in total. The first-order valence-electron chi connectivity index (χ1n) is 6.98. The number of halogens is 3. The number of hydrogen-bond donors (Lipinski definition) is 1. The average Bonchev–Trinajstić information content (AvgIpc) is 2.55. The molecule has 0 heterocycles. The third-order valence-corrected chi connectivity index (χ3v) is 5.22. The molecule has 0 amide bonds. The van der Waals surface area contributed by atoms with Crippen LogP contribution in [0.1, 0.15) is 16.7 Å². The Hall–Kier alpha value is -1.43. The monoisotopic (exact) mass is 432 g/mol. The van der Waals surface area contributed by atoms with Crippen LogP contribution in [0.4, 0.5) is 0 Å². The average molecular weight is 434 g/mol. The maximum Gasteiger partial charge on any atom is 0.343 e. The van der Waals surface area contributed by atoms with Crippen LogP contribution in [0.2, 0.25) is 10.0 Å². The van der Waals surface area contributed by atoms with Crippen LogP contribution in [0.15, 0.2) is 28.7 Å².